The summed E-state index contributed by atoms with van der Waals surface area (Å²) in [4.78, 5) is 23.7. The Morgan fingerprint density at radius 2 is 2.15 bits per heavy atom. The Balaban J connectivity index is 1.44. The van der Waals surface area contributed by atoms with Gasteiger partial charge in [0.25, 0.3) is 5.91 Å². The quantitative estimate of drug-likeness (QED) is 0.803. The largest absolute Gasteiger partial charge is 0.354 e. The number of allylic oxidation sites excluding steroid dienone is 1. The van der Waals surface area contributed by atoms with Gasteiger partial charge in [-0.05, 0) is 63.1 Å². The fourth-order valence-corrected chi connectivity index (χ4v) is 4.03. The Labute approximate surface area is 160 Å². The summed E-state index contributed by atoms with van der Waals surface area (Å²) in [5.74, 6) is 0.463. The Hall–Kier alpha value is -2.69. The van der Waals surface area contributed by atoms with Gasteiger partial charge in [0.15, 0.2) is 0 Å². The van der Waals surface area contributed by atoms with Gasteiger partial charge in [0.2, 0.25) is 5.95 Å². The normalized spacial score (nSPS) is 18.8. The molecule has 1 aromatic carbocycles. The average Bonchev–Trinajstić information content (AvgIpc) is 3.04. The van der Waals surface area contributed by atoms with Gasteiger partial charge in [-0.15, -0.1) is 0 Å². The summed E-state index contributed by atoms with van der Waals surface area (Å²) < 4.78 is 0. The highest BCUT2D eigenvalue weighted by molar-refractivity contribution is 6.06. The van der Waals surface area contributed by atoms with E-state index in [2.05, 4.69) is 34.4 Å². The number of carbonyl (C=O) groups is 1. The van der Waals surface area contributed by atoms with Crippen LogP contribution in [0.15, 0.2) is 48.2 Å². The van der Waals surface area contributed by atoms with Crippen LogP contribution in [0.1, 0.15) is 55.1 Å². The van der Waals surface area contributed by atoms with Crippen LogP contribution in [0, 0.1) is 0 Å². The second-order valence-corrected chi connectivity index (χ2v) is 7.41. The number of aromatic nitrogens is 2. The summed E-state index contributed by atoms with van der Waals surface area (Å²) in [6, 6.07) is 9.93. The van der Waals surface area contributed by atoms with Crippen LogP contribution in [0.5, 0.6) is 0 Å². The SMILES string of the molecule is CC1Cc2ccccc2N1C(=O)c1ccnc(NCCC2=CCCCC2)n1. The number of anilines is 2. The first kappa shape index (κ1) is 17.7. The fourth-order valence-electron chi connectivity index (χ4n) is 4.03. The highest BCUT2D eigenvalue weighted by Crippen LogP contribution is 2.32. The maximum Gasteiger partial charge on any atom is 0.277 e. The lowest BCUT2D eigenvalue weighted by molar-refractivity contribution is 0.0976. The van der Waals surface area contributed by atoms with Gasteiger partial charge in [0, 0.05) is 24.5 Å². The minimum absolute atomic E-state index is 0.0621. The Morgan fingerprint density at radius 1 is 1.26 bits per heavy atom. The van der Waals surface area contributed by atoms with Crippen molar-refractivity contribution in [1.82, 2.24) is 9.97 Å². The number of hydrogen-bond donors (Lipinski definition) is 1. The van der Waals surface area contributed by atoms with Gasteiger partial charge in [-0.1, -0.05) is 29.8 Å². The third-order valence-corrected chi connectivity index (χ3v) is 5.42. The number of rotatable bonds is 5. The van der Waals surface area contributed by atoms with Crippen molar-refractivity contribution >= 4 is 17.5 Å². The molecule has 2 aliphatic rings. The molecule has 4 rings (SSSR count). The van der Waals surface area contributed by atoms with E-state index in [-0.39, 0.29) is 11.9 Å². The van der Waals surface area contributed by atoms with E-state index in [0.29, 0.717) is 11.6 Å². The van der Waals surface area contributed by atoms with Crippen LogP contribution < -0.4 is 10.2 Å². The summed E-state index contributed by atoms with van der Waals surface area (Å²) in [5.41, 5.74) is 4.16. The van der Waals surface area contributed by atoms with Crippen LogP contribution in [0.4, 0.5) is 11.6 Å². The number of nitrogens with one attached hydrogen (secondary N) is 1. The molecule has 1 N–H and O–H groups in total. The second kappa shape index (κ2) is 7.91. The number of carbonyl (C=O) groups excluding carboxylic acids is 1. The monoisotopic (exact) mass is 362 g/mol. The molecule has 0 spiro atoms. The summed E-state index contributed by atoms with van der Waals surface area (Å²) in [6.45, 7) is 2.88. The van der Waals surface area contributed by atoms with Crippen LogP contribution >= 0.6 is 0 Å². The molecular formula is C22H26N4O. The molecule has 1 amide bonds. The standard InChI is InChI=1S/C22H26N4O/c1-16-15-18-9-5-6-10-20(18)26(16)21(27)19-12-14-24-22(25-19)23-13-11-17-7-3-2-4-8-17/h5-7,9-10,12,14,16H,2-4,8,11,13,15H2,1H3,(H,23,24,25). The molecule has 140 valence electrons. The van der Waals surface area contributed by atoms with Gasteiger partial charge >= 0.3 is 0 Å². The first-order valence-corrected chi connectivity index (χ1v) is 9.88. The predicted octanol–water partition coefficient (Wildman–Crippen LogP) is 4.37. The minimum Gasteiger partial charge on any atom is -0.354 e. The molecule has 0 bridgehead atoms. The molecule has 1 atom stereocenters. The van der Waals surface area contributed by atoms with E-state index in [1.54, 1.807) is 12.3 Å². The molecule has 1 aliphatic heterocycles. The van der Waals surface area contributed by atoms with Crippen molar-refractivity contribution in [2.24, 2.45) is 0 Å². The molecule has 5 heteroatoms. The van der Waals surface area contributed by atoms with Crippen molar-refractivity contribution in [2.45, 2.75) is 51.5 Å². The molecule has 2 aromatic rings. The molecule has 1 aliphatic carbocycles. The third-order valence-electron chi connectivity index (χ3n) is 5.42. The van der Waals surface area contributed by atoms with E-state index in [9.17, 15) is 4.79 Å². The first-order chi connectivity index (χ1) is 13.2. The number of fused-ring (bicyclic) bond motifs is 1. The van der Waals surface area contributed by atoms with Gasteiger partial charge in [-0.3, -0.25) is 4.79 Å². The van der Waals surface area contributed by atoms with E-state index < -0.39 is 0 Å². The minimum atomic E-state index is -0.0621. The summed E-state index contributed by atoms with van der Waals surface area (Å²) in [7, 11) is 0. The van der Waals surface area contributed by atoms with Crippen molar-refractivity contribution in [3.63, 3.8) is 0 Å². The smallest absolute Gasteiger partial charge is 0.277 e. The molecule has 2 heterocycles. The Bertz CT molecular complexity index is 861. The van der Waals surface area contributed by atoms with Crippen molar-refractivity contribution in [3.05, 3.63) is 59.4 Å². The lowest BCUT2D eigenvalue weighted by Crippen LogP contribution is -2.36. The van der Waals surface area contributed by atoms with Crippen molar-refractivity contribution in [3.8, 4) is 0 Å². The molecule has 0 radical (unpaired) electrons. The summed E-state index contributed by atoms with van der Waals surface area (Å²) in [5, 5.41) is 3.27. The fraction of sp³-hybridized carbons (Fsp3) is 0.409. The first-order valence-electron chi connectivity index (χ1n) is 9.88. The Kier molecular flexibility index (Phi) is 5.19. The molecule has 0 saturated heterocycles. The number of benzene rings is 1. The van der Waals surface area contributed by atoms with E-state index in [1.165, 1.54) is 36.8 Å². The highest BCUT2D eigenvalue weighted by Gasteiger charge is 2.31. The van der Waals surface area contributed by atoms with Crippen molar-refractivity contribution in [2.75, 3.05) is 16.8 Å². The van der Waals surface area contributed by atoms with Crippen LogP contribution in [0.3, 0.4) is 0 Å². The van der Waals surface area contributed by atoms with Crippen LogP contribution in [-0.2, 0) is 6.42 Å². The molecular weight excluding hydrogens is 336 g/mol. The summed E-state index contributed by atoms with van der Waals surface area (Å²) >= 11 is 0. The van der Waals surface area contributed by atoms with Gasteiger partial charge in [0.05, 0.1) is 0 Å². The second-order valence-electron chi connectivity index (χ2n) is 7.41. The van der Waals surface area contributed by atoms with Gasteiger partial charge in [0.1, 0.15) is 5.69 Å². The van der Waals surface area contributed by atoms with E-state index in [4.69, 9.17) is 0 Å². The number of hydrogen-bond acceptors (Lipinski definition) is 4. The zero-order valence-electron chi connectivity index (χ0n) is 15.8. The van der Waals surface area contributed by atoms with E-state index in [1.807, 2.05) is 23.1 Å². The van der Waals surface area contributed by atoms with Crippen LogP contribution in [-0.4, -0.2) is 28.5 Å². The zero-order chi connectivity index (χ0) is 18.6. The maximum absolute atomic E-state index is 13.1. The lowest BCUT2D eigenvalue weighted by atomic mass is 9.97. The van der Waals surface area contributed by atoms with Crippen molar-refractivity contribution < 1.29 is 4.79 Å². The molecule has 0 fully saturated rings. The van der Waals surface area contributed by atoms with E-state index >= 15 is 0 Å². The number of nitrogens with zero attached hydrogens (tertiary/aromatic N) is 3. The van der Waals surface area contributed by atoms with Gasteiger partial charge in [-0.25, -0.2) is 9.97 Å². The molecule has 1 aromatic heterocycles. The Morgan fingerprint density at radius 3 is 3.00 bits per heavy atom. The highest BCUT2D eigenvalue weighted by atomic mass is 16.2. The molecule has 5 nitrogen and oxygen atoms in total. The van der Waals surface area contributed by atoms with E-state index in [0.717, 1.165) is 25.1 Å². The van der Waals surface area contributed by atoms with Crippen LogP contribution in [0.2, 0.25) is 0 Å². The van der Waals surface area contributed by atoms with Gasteiger partial charge in [-0.2, -0.15) is 0 Å². The molecule has 1 unspecified atom stereocenters. The average molecular weight is 362 g/mol. The van der Waals surface area contributed by atoms with Gasteiger partial charge < -0.3 is 10.2 Å². The van der Waals surface area contributed by atoms with Crippen molar-refractivity contribution in [1.29, 1.82) is 0 Å². The molecule has 0 saturated carbocycles. The predicted molar refractivity (Wildman–Crippen MR) is 108 cm³/mol. The topological polar surface area (TPSA) is 58.1 Å². The number of para-hydroxylation sites is 1. The maximum atomic E-state index is 13.1. The lowest BCUT2D eigenvalue weighted by Gasteiger charge is -2.22. The summed E-state index contributed by atoms with van der Waals surface area (Å²) in [6.07, 6.45) is 10.9. The third kappa shape index (κ3) is 3.87. The number of amides is 1. The molecule has 27 heavy (non-hydrogen) atoms. The zero-order valence-corrected chi connectivity index (χ0v) is 15.8. The van der Waals surface area contributed by atoms with Crippen LogP contribution in [0.25, 0.3) is 0 Å².